The average molecular weight is 354 g/mol. The van der Waals surface area contributed by atoms with Crippen molar-refractivity contribution in [3.8, 4) is 23.8 Å². The average Bonchev–Trinajstić information content (AvgIpc) is 3.25. The topological polar surface area (TPSA) is 70.6 Å². The monoisotopic (exact) mass is 354 g/mol. The second kappa shape index (κ2) is 5.79. The number of aromatic nitrogens is 3. The zero-order valence-corrected chi connectivity index (χ0v) is 14.5. The van der Waals surface area contributed by atoms with Gasteiger partial charge in [-0.05, 0) is 13.0 Å². The Balaban J connectivity index is 1.87. The van der Waals surface area contributed by atoms with Crippen molar-refractivity contribution in [2.45, 2.75) is 13.5 Å². The molecule has 0 spiro atoms. The van der Waals surface area contributed by atoms with E-state index in [2.05, 4.69) is 16.0 Å². The molecule has 0 fully saturated rings. The van der Waals surface area contributed by atoms with Crippen LogP contribution in [0.3, 0.4) is 0 Å². The van der Waals surface area contributed by atoms with Gasteiger partial charge in [-0.25, -0.2) is 0 Å². The maximum absolute atomic E-state index is 12.5. The fourth-order valence-electron chi connectivity index (χ4n) is 2.60. The molecule has 0 N–H and O–H groups in total. The summed E-state index contributed by atoms with van der Waals surface area (Å²) in [4.78, 5) is 17.2. The molecule has 0 bridgehead atoms. The van der Waals surface area contributed by atoms with Crippen molar-refractivity contribution in [1.82, 2.24) is 14.3 Å². The van der Waals surface area contributed by atoms with E-state index in [1.54, 1.807) is 17.8 Å². The molecule has 0 atom stereocenters. The Morgan fingerprint density at radius 3 is 2.84 bits per heavy atom. The second-order valence-electron chi connectivity index (χ2n) is 5.56. The lowest BCUT2D eigenvalue weighted by atomic mass is 10.3. The zero-order valence-electron chi connectivity index (χ0n) is 13.6. The van der Waals surface area contributed by atoms with E-state index in [-0.39, 0.29) is 6.79 Å². The minimum atomic E-state index is -0.402. The third kappa shape index (κ3) is 2.58. The van der Waals surface area contributed by atoms with Crippen molar-refractivity contribution in [2.24, 2.45) is 12.0 Å². The normalized spacial score (nSPS) is 13.4. The molecular weight excluding hydrogens is 340 g/mol. The van der Waals surface area contributed by atoms with Crippen molar-refractivity contribution in [1.29, 1.82) is 0 Å². The molecule has 8 heteroatoms. The van der Waals surface area contributed by atoms with Crippen LogP contribution in [0, 0.1) is 19.3 Å². The van der Waals surface area contributed by atoms with Crippen molar-refractivity contribution in [3.63, 3.8) is 0 Å². The predicted molar refractivity (Wildman–Crippen MR) is 92.6 cm³/mol. The quantitative estimate of drug-likeness (QED) is 0.659. The fraction of sp³-hybridized carbons (Fsp3) is 0.235. The van der Waals surface area contributed by atoms with Gasteiger partial charge in [-0.3, -0.25) is 9.48 Å². The number of fused-ring (bicyclic) bond motifs is 2. The molecular formula is C17H14N4O3S. The van der Waals surface area contributed by atoms with Gasteiger partial charge in [0.15, 0.2) is 22.0 Å². The second-order valence-corrected chi connectivity index (χ2v) is 6.57. The summed E-state index contributed by atoms with van der Waals surface area (Å²) in [7, 11) is 1.78. The third-order valence-corrected chi connectivity index (χ3v) is 5.00. The summed E-state index contributed by atoms with van der Waals surface area (Å²) < 4.78 is 15.2. The maximum Gasteiger partial charge on any atom is 0.300 e. The summed E-state index contributed by atoms with van der Waals surface area (Å²) in [5.74, 6) is 3.54. The minimum Gasteiger partial charge on any atom is -0.454 e. The summed E-state index contributed by atoms with van der Waals surface area (Å²) in [5, 5.41) is 4.17. The van der Waals surface area contributed by atoms with Crippen LogP contribution in [-0.2, 0) is 13.6 Å². The number of terminal acetylenes is 1. The number of ether oxygens (including phenoxy) is 2. The molecule has 0 saturated heterocycles. The molecule has 0 unspecified atom stereocenters. The van der Waals surface area contributed by atoms with Gasteiger partial charge in [0, 0.05) is 24.9 Å². The van der Waals surface area contributed by atoms with Gasteiger partial charge in [0.1, 0.15) is 0 Å². The summed E-state index contributed by atoms with van der Waals surface area (Å²) in [6.45, 7) is 2.38. The number of hydrogen-bond donors (Lipinski definition) is 0. The minimum absolute atomic E-state index is 0.205. The van der Waals surface area contributed by atoms with Crippen LogP contribution in [0.2, 0.25) is 0 Å². The highest BCUT2D eigenvalue weighted by Gasteiger charge is 2.18. The van der Waals surface area contributed by atoms with Gasteiger partial charge < -0.3 is 14.0 Å². The number of amides is 1. The van der Waals surface area contributed by atoms with E-state index in [1.807, 2.05) is 23.6 Å². The summed E-state index contributed by atoms with van der Waals surface area (Å²) in [6, 6.07) is 5.45. The summed E-state index contributed by atoms with van der Waals surface area (Å²) >= 11 is 1.37. The van der Waals surface area contributed by atoms with Crippen molar-refractivity contribution in [3.05, 3.63) is 34.4 Å². The van der Waals surface area contributed by atoms with Gasteiger partial charge in [0.2, 0.25) is 6.79 Å². The van der Waals surface area contributed by atoms with Gasteiger partial charge in [-0.2, -0.15) is 10.1 Å². The van der Waals surface area contributed by atoms with E-state index >= 15 is 0 Å². The molecule has 126 valence electrons. The maximum atomic E-state index is 12.5. The highest BCUT2D eigenvalue weighted by molar-refractivity contribution is 7.16. The lowest BCUT2D eigenvalue weighted by Crippen LogP contribution is -2.16. The largest absolute Gasteiger partial charge is 0.454 e. The molecule has 1 aliphatic heterocycles. The lowest BCUT2D eigenvalue weighted by Gasteiger charge is -2.01. The standard InChI is InChI=1S/C17H14N4O3S/c1-4-5-21-12-7-13-14(24-9-23-13)8-15(12)25-17(21)18-16(22)11-6-10(2)20(3)19-11/h1,6-8H,5,9H2,2-3H3. The Bertz CT molecular complexity index is 1090. The Kier molecular flexibility index (Phi) is 3.58. The van der Waals surface area contributed by atoms with Crippen LogP contribution in [0.5, 0.6) is 11.5 Å². The van der Waals surface area contributed by atoms with Crippen LogP contribution < -0.4 is 14.3 Å². The van der Waals surface area contributed by atoms with Crippen LogP contribution in [0.15, 0.2) is 23.2 Å². The van der Waals surface area contributed by atoms with E-state index in [4.69, 9.17) is 15.9 Å². The Hall–Kier alpha value is -3.05. The number of aryl methyl sites for hydroxylation is 2. The van der Waals surface area contributed by atoms with Gasteiger partial charge in [-0.1, -0.05) is 17.3 Å². The number of carbonyl (C=O) groups excluding carboxylic acids is 1. The highest BCUT2D eigenvalue weighted by atomic mass is 32.1. The van der Waals surface area contributed by atoms with Crippen LogP contribution in [0.4, 0.5) is 0 Å². The lowest BCUT2D eigenvalue weighted by molar-refractivity contribution is 0.0992. The first-order chi connectivity index (χ1) is 12.1. The van der Waals surface area contributed by atoms with Gasteiger partial charge >= 0.3 is 0 Å². The van der Waals surface area contributed by atoms with Gasteiger partial charge in [-0.15, -0.1) is 6.42 Å². The predicted octanol–water partition coefficient (Wildman–Crippen LogP) is 1.85. The number of hydrogen-bond acceptors (Lipinski definition) is 5. The van der Waals surface area contributed by atoms with Crippen molar-refractivity contribution in [2.75, 3.05) is 6.79 Å². The molecule has 2 aromatic heterocycles. The first-order valence-electron chi connectivity index (χ1n) is 7.53. The fourth-order valence-corrected chi connectivity index (χ4v) is 3.64. The molecule has 0 aliphatic carbocycles. The van der Waals surface area contributed by atoms with E-state index < -0.39 is 5.91 Å². The zero-order chi connectivity index (χ0) is 17.6. The molecule has 3 aromatic rings. The molecule has 4 rings (SSSR count). The molecule has 25 heavy (non-hydrogen) atoms. The highest BCUT2D eigenvalue weighted by Crippen LogP contribution is 2.36. The Morgan fingerprint density at radius 1 is 1.40 bits per heavy atom. The number of benzene rings is 1. The first kappa shape index (κ1) is 15.5. The third-order valence-electron chi connectivity index (χ3n) is 3.96. The van der Waals surface area contributed by atoms with Crippen LogP contribution in [-0.4, -0.2) is 27.0 Å². The number of nitrogens with zero attached hydrogens (tertiary/aromatic N) is 4. The van der Waals surface area contributed by atoms with Crippen LogP contribution in [0.25, 0.3) is 10.2 Å². The van der Waals surface area contributed by atoms with E-state index in [1.165, 1.54) is 11.3 Å². The van der Waals surface area contributed by atoms with E-state index in [9.17, 15) is 4.79 Å². The summed E-state index contributed by atoms with van der Waals surface area (Å²) in [6.07, 6.45) is 5.49. The molecule has 7 nitrogen and oxygen atoms in total. The SMILES string of the molecule is C#CCn1c(=NC(=O)c2cc(C)n(C)n2)sc2cc3c(cc21)OCO3. The molecule has 1 amide bonds. The van der Waals surface area contributed by atoms with Gasteiger partial charge in [0.05, 0.1) is 16.8 Å². The Labute approximate surface area is 147 Å². The van der Waals surface area contributed by atoms with Crippen LogP contribution >= 0.6 is 11.3 Å². The van der Waals surface area contributed by atoms with Crippen LogP contribution in [0.1, 0.15) is 16.2 Å². The number of carbonyl (C=O) groups is 1. The van der Waals surface area contributed by atoms with Crippen molar-refractivity contribution < 1.29 is 14.3 Å². The molecule has 0 radical (unpaired) electrons. The molecule has 1 aliphatic rings. The number of rotatable bonds is 2. The molecule has 1 aromatic carbocycles. The Morgan fingerprint density at radius 2 is 2.16 bits per heavy atom. The first-order valence-corrected chi connectivity index (χ1v) is 8.34. The van der Waals surface area contributed by atoms with Crippen molar-refractivity contribution >= 4 is 27.5 Å². The summed E-state index contributed by atoms with van der Waals surface area (Å²) in [5.41, 5.74) is 2.05. The van der Waals surface area contributed by atoms with Gasteiger partial charge in [0.25, 0.3) is 5.91 Å². The smallest absolute Gasteiger partial charge is 0.300 e. The van der Waals surface area contributed by atoms with E-state index in [0.29, 0.717) is 28.5 Å². The molecule has 3 heterocycles. The molecule has 0 saturated carbocycles. The van der Waals surface area contributed by atoms with E-state index in [0.717, 1.165) is 15.9 Å². The number of thiazole rings is 1.